The molecular formula is C15H15Cl4NS. The summed E-state index contributed by atoms with van der Waals surface area (Å²) >= 11 is 19.9. The van der Waals surface area contributed by atoms with Gasteiger partial charge in [0.2, 0.25) is 0 Å². The van der Waals surface area contributed by atoms with E-state index < -0.39 is 0 Å². The lowest BCUT2D eigenvalue weighted by molar-refractivity contribution is 0.399. The van der Waals surface area contributed by atoms with Gasteiger partial charge in [-0.2, -0.15) is 0 Å². The van der Waals surface area contributed by atoms with Crippen molar-refractivity contribution in [1.82, 2.24) is 4.90 Å². The van der Waals surface area contributed by atoms with E-state index in [1.54, 1.807) is 17.8 Å². The van der Waals surface area contributed by atoms with Crippen molar-refractivity contribution < 1.29 is 0 Å². The second kappa shape index (κ2) is 8.52. The molecule has 2 aromatic carbocycles. The fourth-order valence-corrected chi connectivity index (χ4v) is 3.51. The number of rotatable bonds is 4. The molecule has 2 rings (SSSR count). The molecule has 0 unspecified atom stereocenters. The predicted octanol–water partition coefficient (Wildman–Crippen LogP) is 6.28. The molecule has 0 amide bonds. The summed E-state index contributed by atoms with van der Waals surface area (Å²) in [4.78, 5) is 4.20. The van der Waals surface area contributed by atoms with Crippen LogP contribution in [0.4, 0.5) is 0 Å². The minimum Gasteiger partial charge on any atom is -0.305 e. The van der Waals surface area contributed by atoms with Crippen molar-refractivity contribution in [3.8, 4) is 0 Å². The number of hydrogen-bond acceptors (Lipinski definition) is 2. The number of benzene rings is 2. The highest BCUT2D eigenvalue weighted by atomic mass is 35.5. The van der Waals surface area contributed by atoms with E-state index in [9.17, 15) is 0 Å². The van der Waals surface area contributed by atoms with Gasteiger partial charge in [0.05, 0.1) is 5.02 Å². The first kappa shape index (κ1) is 19.0. The minimum atomic E-state index is 0. The molecule has 0 aliphatic rings. The fraction of sp³-hybridized carbons (Fsp3) is 0.200. The van der Waals surface area contributed by atoms with Crippen LogP contribution < -0.4 is 0 Å². The molecule has 0 bridgehead atoms. The Balaban J connectivity index is 0.00000220. The molecular weight excluding hydrogens is 368 g/mol. The highest BCUT2D eigenvalue weighted by Crippen LogP contribution is 2.37. The Labute approximate surface area is 151 Å². The quantitative estimate of drug-likeness (QED) is 0.611. The highest BCUT2D eigenvalue weighted by Gasteiger charge is 2.09. The average Bonchev–Trinajstić information content (AvgIpc) is 2.35. The maximum absolute atomic E-state index is 6.23. The highest BCUT2D eigenvalue weighted by molar-refractivity contribution is 7.99. The summed E-state index contributed by atoms with van der Waals surface area (Å²) in [6, 6.07) is 11.4. The van der Waals surface area contributed by atoms with Crippen molar-refractivity contribution in [3.05, 3.63) is 57.0 Å². The van der Waals surface area contributed by atoms with Crippen molar-refractivity contribution in [2.45, 2.75) is 16.3 Å². The zero-order valence-electron chi connectivity index (χ0n) is 11.6. The third kappa shape index (κ3) is 5.55. The molecule has 0 saturated carbocycles. The van der Waals surface area contributed by atoms with Gasteiger partial charge >= 0.3 is 0 Å². The first-order valence-corrected chi connectivity index (χ1v) is 7.97. The molecule has 0 aliphatic heterocycles. The first-order valence-electron chi connectivity index (χ1n) is 6.02. The van der Waals surface area contributed by atoms with Crippen molar-refractivity contribution in [2.24, 2.45) is 0 Å². The Morgan fingerprint density at radius 1 is 0.905 bits per heavy atom. The van der Waals surface area contributed by atoms with Crippen molar-refractivity contribution in [1.29, 1.82) is 0 Å². The van der Waals surface area contributed by atoms with Crippen LogP contribution in [0, 0.1) is 0 Å². The number of halogens is 4. The van der Waals surface area contributed by atoms with Gasteiger partial charge in [0.15, 0.2) is 0 Å². The third-order valence-electron chi connectivity index (χ3n) is 2.63. The van der Waals surface area contributed by atoms with E-state index in [1.165, 1.54) is 5.56 Å². The summed E-state index contributed by atoms with van der Waals surface area (Å²) in [5.74, 6) is 0. The van der Waals surface area contributed by atoms with Gasteiger partial charge in [0.25, 0.3) is 0 Å². The molecule has 0 heterocycles. The Morgan fingerprint density at radius 3 is 2.14 bits per heavy atom. The number of hydrogen-bond donors (Lipinski definition) is 0. The molecule has 0 spiro atoms. The topological polar surface area (TPSA) is 3.24 Å². The maximum atomic E-state index is 6.23. The largest absolute Gasteiger partial charge is 0.305 e. The van der Waals surface area contributed by atoms with Gasteiger partial charge in [-0.1, -0.05) is 52.6 Å². The fourth-order valence-electron chi connectivity index (χ4n) is 1.77. The second-order valence-electron chi connectivity index (χ2n) is 4.67. The van der Waals surface area contributed by atoms with Crippen LogP contribution in [-0.4, -0.2) is 19.0 Å². The van der Waals surface area contributed by atoms with E-state index >= 15 is 0 Å². The maximum Gasteiger partial charge on any atom is 0.0560 e. The van der Waals surface area contributed by atoms with E-state index in [1.807, 2.05) is 38.4 Å². The smallest absolute Gasteiger partial charge is 0.0560 e. The van der Waals surface area contributed by atoms with Gasteiger partial charge in [-0.15, -0.1) is 12.4 Å². The molecule has 1 nitrogen and oxygen atoms in total. The van der Waals surface area contributed by atoms with Crippen molar-refractivity contribution in [2.75, 3.05) is 14.1 Å². The van der Waals surface area contributed by atoms with Crippen molar-refractivity contribution >= 4 is 59.0 Å². The van der Waals surface area contributed by atoms with Crippen LogP contribution in [0.3, 0.4) is 0 Å². The van der Waals surface area contributed by atoms with Gasteiger partial charge in [-0.05, 0) is 50.0 Å². The Kier molecular flexibility index (Phi) is 7.69. The Morgan fingerprint density at radius 2 is 1.52 bits per heavy atom. The van der Waals surface area contributed by atoms with Gasteiger partial charge < -0.3 is 4.90 Å². The van der Waals surface area contributed by atoms with E-state index in [0.29, 0.717) is 10.0 Å². The summed E-state index contributed by atoms with van der Waals surface area (Å²) in [5.41, 5.74) is 1.22. The molecule has 0 saturated heterocycles. The Hall–Kier alpha value is -0.0900. The van der Waals surface area contributed by atoms with E-state index in [2.05, 4.69) is 11.0 Å². The summed E-state index contributed by atoms with van der Waals surface area (Å²) in [6.07, 6.45) is 0. The molecule has 0 radical (unpaired) electrons. The zero-order chi connectivity index (χ0) is 14.7. The first-order chi connectivity index (χ1) is 9.45. The summed E-state index contributed by atoms with van der Waals surface area (Å²) in [6.45, 7) is 0.852. The summed E-state index contributed by atoms with van der Waals surface area (Å²) in [7, 11) is 4.08. The third-order valence-corrected chi connectivity index (χ3v) is 4.70. The lowest BCUT2D eigenvalue weighted by Gasteiger charge is -2.14. The van der Waals surface area contributed by atoms with Gasteiger partial charge in [0.1, 0.15) is 0 Å². The molecule has 114 valence electrons. The normalized spacial score (nSPS) is 10.6. The van der Waals surface area contributed by atoms with Gasteiger partial charge in [0, 0.05) is 26.4 Å². The number of nitrogens with zero attached hydrogens (tertiary/aromatic N) is 1. The lowest BCUT2D eigenvalue weighted by atomic mass is 10.2. The van der Waals surface area contributed by atoms with Crippen molar-refractivity contribution in [3.63, 3.8) is 0 Å². The van der Waals surface area contributed by atoms with E-state index in [4.69, 9.17) is 34.8 Å². The van der Waals surface area contributed by atoms with Crippen LogP contribution in [0.5, 0.6) is 0 Å². The molecule has 0 aliphatic carbocycles. The van der Waals surface area contributed by atoms with Gasteiger partial charge in [-0.25, -0.2) is 0 Å². The minimum absolute atomic E-state index is 0. The average molecular weight is 383 g/mol. The second-order valence-corrected chi connectivity index (χ2v) is 7.03. The van der Waals surface area contributed by atoms with Crippen LogP contribution in [0.1, 0.15) is 5.56 Å². The SMILES string of the molecule is CN(C)Cc1ccc(Cl)cc1Sc1ccc(Cl)cc1Cl.Cl. The van der Waals surface area contributed by atoms with Gasteiger partial charge in [-0.3, -0.25) is 0 Å². The van der Waals surface area contributed by atoms with E-state index in [0.717, 1.165) is 21.4 Å². The summed E-state index contributed by atoms with van der Waals surface area (Å²) in [5, 5.41) is 2.01. The zero-order valence-corrected chi connectivity index (χ0v) is 15.5. The van der Waals surface area contributed by atoms with E-state index in [-0.39, 0.29) is 12.4 Å². The van der Waals surface area contributed by atoms with Crippen LogP contribution in [0.25, 0.3) is 0 Å². The van der Waals surface area contributed by atoms with Crippen LogP contribution in [0.15, 0.2) is 46.2 Å². The van der Waals surface area contributed by atoms with Crippen LogP contribution in [0.2, 0.25) is 15.1 Å². The van der Waals surface area contributed by atoms with Crippen LogP contribution >= 0.6 is 59.0 Å². The molecule has 0 aromatic heterocycles. The predicted molar refractivity (Wildman–Crippen MR) is 96.7 cm³/mol. The summed E-state index contributed by atoms with van der Waals surface area (Å²) < 4.78 is 0. The standard InChI is InChI=1S/C15H14Cl3NS.ClH/c1-19(2)9-10-3-4-12(17)8-15(10)20-14-6-5-11(16)7-13(14)18;/h3-8H,9H2,1-2H3;1H. The monoisotopic (exact) mass is 381 g/mol. The molecule has 21 heavy (non-hydrogen) atoms. The molecule has 0 atom stereocenters. The lowest BCUT2D eigenvalue weighted by Crippen LogP contribution is -2.11. The molecule has 6 heteroatoms. The molecule has 0 N–H and O–H groups in total. The van der Waals surface area contributed by atoms with Crippen LogP contribution in [-0.2, 0) is 6.54 Å². The molecule has 0 fully saturated rings. The molecule has 2 aromatic rings. The Bertz CT molecular complexity index is 617.